The van der Waals surface area contributed by atoms with Crippen LogP contribution in [0.2, 0.25) is 0 Å². The first-order chi connectivity index (χ1) is 9.36. The van der Waals surface area contributed by atoms with E-state index < -0.39 is 12.2 Å². The Morgan fingerprint density at radius 2 is 1.05 bits per heavy atom. The first kappa shape index (κ1) is 14.2. The van der Waals surface area contributed by atoms with E-state index in [1.54, 1.807) is 13.0 Å². The molecule has 20 heavy (non-hydrogen) atoms. The van der Waals surface area contributed by atoms with Crippen molar-refractivity contribution < 1.29 is 25.5 Å². The molecule has 5 nitrogen and oxygen atoms in total. The predicted octanol–water partition coefficient (Wildman–Crippen LogP) is 1.88. The van der Waals surface area contributed by atoms with Crippen LogP contribution in [-0.4, -0.2) is 25.5 Å². The van der Waals surface area contributed by atoms with Gasteiger partial charge in [-0.1, -0.05) is 6.07 Å². The Morgan fingerprint density at radius 1 is 0.650 bits per heavy atom. The third-order valence-corrected chi connectivity index (χ3v) is 2.99. The van der Waals surface area contributed by atoms with Crippen molar-refractivity contribution in [1.29, 1.82) is 0 Å². The Hall–Kier alpha value is -2.24. The summed E-state index contributed by atoms with van der Waals surface area (Å²) in [5, 5.41) is 48.6. The van der Waals surface area contributed by atoms with Crippen molar-refractivity contribution in [3.63, 3.8) is 0 Å². The maximum atomic E-state index is 10.1. The normalized spacial score (nSPS) is 13.9. The minimum atomic E-state index is -1.34. The average molecular weight is 276 g/mol. The lowest BCUT2D eigenvalue weighted by Gasteiger charge is -2.19. The maximum Gasteiger partial charge on any atom is 0.119 e. The van der Waals surface area contributed by atoms with Crippen molar-refractivity contribution in [2.24, 2.45) is 0 Å². The molecular formula is C15H16O5. The lowest BCUT2D eigenvalue weighted by molar-refractivity contribution is 0.0169. The molecule has 5 heteroatoms. The number of hydrogen-bond donors (Lipinski definition) is 5. The zero-order valence-electron chi connectivity index (χ0n) is 10.9. The minimum Gasteiger partial charge on any atom is -0.508 e. The summed E-state index contributed by atoms with van der Waals surface area (Å²) in [5.74, 6) is -0.429. The number of phenolic OH excluding ortho intramolecular Hbond substituents is 3. The summed E-state index contributed by atoms with van der Waals surface area (Å²) in [6.45, 7) is 1.75. The van der Waals surface area contributed by atoms with Gasteiger partial charge in [0, 0.05) is 6.07 Å². The van der Waals surface area contributed by atoms with Gasteiger partial charge in [-0.15, -0.1) is 0 Å². The predicted molar refractivity (Wildman–Crippen MR) is 72.5 cm³/mol. The highest BCUT2D eigenvalue weighted by atomic mass is 16.3. The number of phenols is 3. The van der Waals surface area contributed by atoms with Crippen LogP contribution >= 0.6 is 0 Å². The van der Waals surface area contributed by atoms with E-state index in [0.29, 0.717) is 5.56 Å². The molecule has 0 saturated heterocycles. The van der Waals surface area contributed by atoms with Crippen LogP contribution in [0.3, 0.4) is 0 Å². The number of aryl methyl sites for hydroxylation is 1. The molecule has 0 aliphatic rings. The van der Waals surface area contributed by atoms with Gasteiger partial charge in [0.25, 0.3) is 0 Å². The van der Waals surface area contributed by atoms with Gasteiger partial charge in [0.15, 0.2) is 0 Å². The first-order valence-electron chi connectivity index (χ1n) is 6.06. The molecule has 2 rings (SSSR count). The molecule has 0 bridgehead atoms. The van der Waals surface area contributed by atoms with Crippen LogP contribution in [-0.2, 0) is 0 Å². The van der Waals surface area contributed by atoms with Crippen molar-refractivity contribution in [2.75, 3.05) is 0 Å². The van der Waals surface area contributed by atoms with Crippen molar-refractivity contribution in [3.8, 4) is 17.2 Å². The van der Waals surface area contributed by atoms with Gasteiger partial charge in [-0.2, -0.15) is 0 Å². The van der Waals surface area contributed by atoms with Crippen LogP contribution in [0, 0.1) is 6.92 Å². The zero-order valence-corrected chi connectivity index (χ0v) is 10.9. The topological polar surface area (TPSA) is 101 Å². The molecule has 0 amide bonds. The summed E-state index contributed by atoms with van der Waals surface area (Å²) in [6.07, 6.45) is -2.63. The van der Waals surface area contributed by atoms with Gasteiger partial charge >= 0.3 is 0 Å². The maximum absolute atomic E-state index is 10.1. The van der Waals surface area contributed by atoms with Gasteiger partial charge in [-0.25, -0.2) is 0 Å². The molecule has 0 radical (unpaired) electrons. The molecule has 106 valence electrons. The van der Waals surface area contributed by atoms with Crippen LogP contribution in [0.15, 0.2) is 36.4 Å². The lowest BCUT2D eigenvalue weighted by Crippen LogP contribution is -2.10. The SMILES string of the molecule is Cc1cc(O)cc(C(O)C(O)c2cc(O)cc(O)c2)c1. The summed E-state index contributed by atoms with van der Waals surface area (Å²) in [5.41, 5.74) is 1.26. The number of rotatable bonds is 3. The highest BCUT2D eigenvalue weighted by Crippen LogP contribution is 2.34. The van der Waals surface area contributed by atoms with Gasteiger partial charge in [-0.05, 0) is 47.9 Å². The second-order valence-corrected chi connectivity index (χ2v) is 4.77. The molecule has 2 aromatic rings. The molecule has 0 heterocycles. The smallest absolute Gasteiger partial charge is 0.119 e. The van der Waals surface area contributed by atoms with Gasteiger partial charge in [0.1, 0.15) is 29.5 Å². The molecule has 2 atom stereocenters. The van der Waals surface area contributed by atoms with Crippen molar-refractivity contribution in [3.05, 3.63) is 53.1 Å². The Balaban J connectivity index is 2.34. The van der Waals surface area contributed by atoms with Crippen LogP contribution in [0.1, 0.15) is 28.9 Å². The second-order valence-electron chi connectivity index (χ2n) is 4.77. The molecule has 5 N–H and O–H groups in total. The zero-order chi connectivity index (χ0) is 14.9. The van der Waals surface area contributed by atoms with Crippen LogP contribution < -0.4 is 0 Å². The third kappa shape index (κ3) is 3.01. The second kappa shape index (κ2) is 5.40. The van der Waals surface area contributed by atoms with Crippen LogP contribution in [0.4, 0.5) is 0 Å². The number of hydrogen-bond acceptors (Lipinski definition) is 5. The standard InChI is InChI=1S/C15H16O5/c1-8-2-9(4-11(16)3-8)14(19)15(20)10-5-12(17)7-13(18)6-10/h2-7,14-20H,1H3. The van der Waals surface area contributed by atoms with E-state index in [0.717, 1.165) is 11.6 Å². The Labute approximate surface area is 116 Å². The Kier molecular flexibility index (Phi) is 3.83. The molecule has 0 aromatic heterocycles. The number of aliphatic hydroxyl groups is 2. The first-order valence-corrected chi connectivity index (χ1v) is 6.06. The largest absolute Gasteiger partial charge is 0.508 e. The minimum absolute atomic E-state index is 0.00925. The number of aromatic hydroxyl groups is 3. The molecule has 2 unspecified atom stereocenters. The molecule has 0 aliphatic carbocycles. The van der Waals surface area contributed by atoms with Crippen molar-refractivity contribution in [2.45, 2.75) is 19.1 Å². The lowest BCUT2D eigenvalue weighted by atomic mass is 9.96. The monoisotopic (exact) mass is 276 g/mol. The fraction of sp³-hybridized carbons (Fsp3) is 0.200. The molecule has 2 aromatic carbocycles. The fourth-order valence-electron chi connectivity index (χ4n) is 2.12. The van der Waals surface area contributed by atoms with Crippen molar-refractivity contribution in [1.82, 2.24) is 0 Å². The number of benzene rings is 2. The fourth-order valence-corrected chi connectivity index (χ4v) is 2.12. The van der Waals surface area contributed by atoms with E-state index in [9.17, 15) is 25.5 Å². The highest BCUT2D eigenvalue weighted by Gasteiger charge is 2.22. The van der Waals surface area contributed by atoms with Crippen molar-refractivity contribution >= 4 is 0 Å². The highest BCUT2D eigenvalue weighted by molar-refractivity contribution is 5.40. The van der Waals surface area contributed by atoms with Gasteiger partial charge in [0.2, 0.25) is 0 Å². The molecule has 0 aliphatic heterocycles. The number of aliphatic hydroxyl groups excluding tert-OH is 2. The van der Waals surface area contributed by atoms with Gasteiger partial charge < -0.3 is 25.5 Å². The van der Waals surface area contributed by atoms with E-state index >= 15 is 0 Å². The van der Waals surface area contributed by atoms with Gasteiger partial charge in [0.05, 0.1) is 0 Å². The quantitative estimate of drug-likeness (QED) is 0.589. The summed E-state index contributed by atoms with van der Waals surface area (Å²) in [6, 6.07) is 8.15. The Bertz CT molecular complexity index is 528. The van der Waals surface area contributed by atoms with Gasteiger partial charge in [-0.3, -0.25) is 0 Å². The summed E-state index contributed by atoms with van der Waals surface area (Å²) in [4.78, 5) is 0. The van der Waals surface area contributed by atoms with E-state index in [-0.39, 0.29) is 22.8 Å². The summed E-state index contributed by atoms with van der Waals surface area (Å²) in [7, 11) is 0. The third-order valence-electron chi connectivity index (χ3n) is 2.99. The molecule has 0 fully saturated rings. The molecular weight excluding hydrogens is 260 g/mol. The van der Waals surface area contributed by atoms with E-state index in [1.165, 1.54) is 24.3 Å². The Morgan fingerprint density at radius 3 is 1.50 bits per heavy atom. The summed E-state index contributed by atoms with van der Waals surface area (Å²) >= 11 is 0. The van der Waals surface area contributed by atoms with Crippen LogP contribution in [0.5, 0.6) is 17.2 Å². The average Bonchev–Trinajstić information content (AvgIpc) is 2.34. The van der Waals surface area contributed by atoms with E-state index in [4.69, 9.17) is 0 Å². The van der Waals surface area contributed by atoms with Crippen LogP contribution in [0.25, 0.3) is 0 Å². The van der Waals surface area contributed by atoms with E-state index in [1.807, 2.05) is 0 Å². The molecule has 0 spiro atoms. The van der Waals surface area contributed by atoms with E-state index in [2.05, 4.69) is 0 Å². The summed E-state index contributed by atoms with van der Waals surface area (Å²) < 4.78 is 0. The molecule has 0 saturated carbocycles.